The molecule has 7 heteroatoms. The molecule has 1 aromatic heterocycles. The van der Waals surface area contributed by atoms with Crippen LogP contribution in [0.2, 0.25) is 0 Å². The second-order valence-corrected chi connectivity index (χ2v) is 9.31. The van der Waals surface area contributed by atoms with E-state index in [-0.39, 0.29) is 17.5 Å². The predicted molar refractivity (Wildman–Crippen MR) is 119 cm³/mol. The van der Waals surface area contributed by atoms with Gasteiger partial charge in [0.1, 0.15) is 0 Å². The van der Waals surface area contributed by atoms with Crippen LogP contribution in [0.15, 0.2) is 65.6 Å². The third kappa shape index (κ3) is 4.99. The van der Waals surface area contributed by atoms with Gasteiger partial charge in [-0.15, -0.1) is 0 Å². The number of aliphatic hydroxyl groups excluding tert-OH is 1. The number of nitrogens with two attached hydrogens (primary N) is 1. The molecule has 0 aliphatic carbocycles. The van der Waals surface area contributed by atoms with Gasteiger partial charge in [0, 0.05) is 30.9 Å². The average Bonchev–Trinajstić information content (AvgIpc) is 3.08. The molecular weight excluding hydrogens is 400 g/mol. The summed E-state index contributed by atoms with van der Waals surface area (Å²) in [5.41, 5.74) is 11.2. The first kappa shape index (κ1) is 22.2. The van der Waals surface area contributed by atoms with E-state index < -0.39 is 9.84 Å². The SMILES string of the molecule is Cc1c(C(N)COCCCO)cc(-c2ccc(S(C)(=O)=O)cc2)n1-c1ccccc1. The third-order valence-corrected chi connectivity index (χ3v) is 6.15. The Kier molecular flexibility index (Phi) is 7.10. The van der Waals surface area contributed by atoms with Crippen LogP contribution in [0.25, 0.3) is 16.9 Å². The Morgan fingerprint density at radius 3 is 2.37 bits per heavy atom. The van der Waals surface area contributed by atoms with Gasteiger partial charge in [-0.1, -0.05) is 30.3 Å². The van der Waals surface area contributed by atoms with Gasteiger partial charge >= 0.3 is 0 Å². The van der Waals surface area contributed by atoms with Crippen molar-refractivity contribution in [3.05, 3.63) is 71.9 Å². The topological polar surface area (TPSA) is 94.6 Å². The Hall–Kier alpha value is -2.45. The van der Waals surface area contributed by atoms with Gasteiger partial charge in [-0.3, -0.25) is 0 Å². The lowest BCUT2D eigenvalue weighted by atomic mass is 10.1. The first-order chi connectivity index (χ1) is 14.3. The van der Waals surface area contributed by atoms with Gasteiger partial charge in [0.05, 0.1) is 23.2 Å². The summed E-state index contributed by atoms with van der Waals surface area (Å²) in [4.78, 5) is 0.287. The first-order valence-electron chi connectivity index (χ1n) is 9.85. The number of ether oxygens (including phenoxy) is 1. The largest absolute Gasteiger partial charge is 0.396 e. The van der Waals surface area contributed by atoms with Gasteiger partial charge in [-0.05, 0) is 54.8 Å². The van der Waals surface area contributed by atoms with Gasteiger partial charge in [-0.2, -0.15) is 0 Å². The van der Waals surface area contributed by atoms with Gasteiger partial charge in [0.15, 0.2) is 9.84 Å². The van der Waals surface area contributed by atoms with Crippen LogP contribution in [-0.4, -0.2) is 44.2 Å². The monoisotopic (exact) mass is 428 g/mol. The highest BCUT2D eigenvalue weighted by molar-refractivity contribution is 7.90. The van der Waals surface area contributed by atoms with Gasteiger partial charge in [0.25, 0.3) is 0 Å². The smallest absolute Gasteiger partial charge is 0.175 e. The zero-order valence-corrected chi connectivity index (χ0v) is 18.1. The molecule has 0 bridgehead atoms. The Labute approximate surface area is 177 Å². The zero-order valence-electron chi connectivity index (χ0n) is 17.3. The summed E-state index contributed by atoms with van der Waals surface area (Å²) in [5.74, 6) is 0. The van der Waals surface area contributed by atoms with Crippen molar-refractivity contribution in [1.82, 2.24) is 4.57 Å². The fraction of sp³-hybridized carbons (Fsp3) is 0.304. The number of hydrogen-bond donors (Lipinski definition) is 2. The molecule has 0 fully saturated rings. The van der Waals surface area contributed by atoms with Crippen LogP contribution in [0.5, 0.6) is 0 Å². The van der Waals surface area contributed by atoms with Crippen molar-refractivity contribution in [3.63, 3.8) is 0 Å². The normalized spacial score (nSPS) is 12.8. The van der Waals surface area contributed by atoms with E-state index in [1.54, 1.807) is 12.1 Å². The molecule has 2 aromatic carbocycles. The minimum Gasteiger partial charge on any atom is -0.396 e. The Balaban J connectivity index is 2.03. The van der Waals surface area contributed by atoms with E-state index in [2.05, 4.69) is 4.57 Å². The van der Waals surface area contributed by atoms with Gasteiger partial charge in [-0.25, -0.2) is 8.42 Å². The average molecular weight is 429 g/mol. The van der Waals surface area contributed by atoms with Crippen LogP contribution in [0.3, 0.4) is 0 Å². The van der Waals surface area contributed by atoms with E-state index in [0.29, 0.717) is 19.6 Å². The lowest BCUT2D eigenvalue weighted by Crippen LogP contribution is -2.18. The van der Waals surface area contributed by atoms with Crippen LogP contribution < -0.4 is 5.73 Å². The molecule has 1 atom stereocenters. The Bertz CT molecular complexity index is 1070. The highest BCUT2D eigenvalue weighted by Crippen LogP contribution is 2.32. The fourth-order valence-corrected chi connectivity index (χ4v) is 4.09. The quantitative estimate of drug-likeness (QED) is 0.510. The lowest BCUT2D eigenvalue weighted by molar-refractivity contribution is 0.105. The Morgan fingerprint density at radius 2 is 1.77 bits per heavy atom. The number of benzene rings is 2. The van der Waals surface area contributed by atoms with E-state index in [1.165, 1.54) is 6.26 Å². The molecule has 1 unspecified atom stereocenters. The molecule has 1 heterocycles. The molecule has 3 rings (SSSR count). The molecule has 0 spiro atoms. The fourth-order valence-electron chi connectivity index (χ4n) is 3.46. The van der Waals surface area contributed by atoms with E-state index >= 15 is 0 Å². The van der Waals surface area contributed by atoms with Crippen molar-refractivity contribution in [2.24, 2.45) is 5.73 Å². The lowest BCUT2D eigenvalue weighted by Gasteiger charge is -2.15. The summed E-state index contributed by atoms with van der Waals surface area (Å²) in [5, 5.41) is 8.90. The number of rotatable bonds is 9. The van der Waals surface area contributed by atoms with Gasteiger partial charge in [0.2, 0.25) is 0 Å². The number of para-hydroxylation sites is 1. The summed E-state index contributed by atoms with van der Waals surface area (Å²) in [6.07, 6.45) is 1.78. The van der Waals surface area contributed by atoms with Crippen molar-refractivity contribution >= 4 is 9.84 Å². The van der Waals surface area contributed by atoms with Crippen molar-refractivity contribution in [2.45, 2.75) is 24.3 Å². The van der Waals surface area contributed by atoms with Crippen LogP contribution in [0.4, 0.5) is 0 Å². The molecule has 3 N–H and O–H groups in total. The van der Waals surface area contributed by atoms with Crippen LogP contribution in [0.1, 0.15) is 23.7 Å². The zero-order chi connectivity index (χ0) is 21.7. The second kappa shape index (κ2) is 9.57. The molecule has 0 aliphatic rings. The minimum atomic E-state index is -3.26. The van der Waals surface area contributed by atoms with Gasteiger partial charge < -0.3 is 20.1 Å². The van der Waals surface area contributed by atoms with Crippen LogP contribution in [0, 0.1) is 6.92 Å². The maximum atomic E-state index is 11.8. The molecule has 3 aromatic rings. The molecule has 30 heavy (non-hydrogen) atoms. The maximum Gasteiger partial charge on any atom is 0.175 e. The van der Waals surface area contributed by atoms with E-state index in [9.17, 15) is 8.42 Å². The van der Waals surface area contributed by atoms with Crippen LogP contribution in [-0.2, 0) is 14.6 Å². The van der Waals surface area contributed by atoms with Crippen molar-refractivity contribution in [2.75, 3.05) is 26.1 Å². The molecule has 0 radical (unpaired) electrons. The van der Waals surface area contributed by atoms with E-state index in [4.69, 9.17) is 15.6 Å². The minimum absolute atomic E-state index is 0.0896. The van der Waals surface area contributed by atoms with Crippen molar-refractivity contribution in [3.8, 4) is 16.9 Å². The van der Waals surface area contributed by atoms with Crippen LogP contribution >= 0.6 is 0 Å². The standard InChI is InChI=1S/C23H28N2O4S/c1-17-21(22(24)16-29-14-6-13-26)15-23(25(17)19-7-4-3-5-8-19)18-9-11-20(12-10-18)30(2,27)28/h3-5,7-12,15,22,26H,6,13-14,16,24H2,1-2H3. The highest BCUT2D eigenvalue weighted by atomic mass is 32.2. The summed E-state index contributed by atoms with van der Waals surface area (Å²) < 4.78 is 31.3. The summed E-state index contributed by atoms with van der Waals surface area (Å²) in [7, 11) is -3.26. The van der Waals surface area contributed by atoms with E-state index in [0.717, 1.165) is 28.2 Å². The predicted octanol–water partition coefficient (Wildman–Crippen LogP) is 3.26. The molecule has 0 aliphatic heterocycles. The maximum absolute atomic E-state index is 11.8. The van der Waals surface area contributed by atoms with Crippen molar-refractivity contribution < 1.29 is 18.3 Å². The highest BCUT2D eigenvalue weighted by Gasteiger charge is 2.19. The molecule has 160 valence electrons. The summed E-state index contributed by atoms with van der Waals surface area (Å²) in [6.45, 7) is 2.92. The van der Waals surface area contributed by atoms with E-state index in [1.807, 2.05) is 55.5 Å². The Morgan fingerprint density at radius 1 is 1.10 bits per heavy atom. The number of aliphatic hydroxyl groups is 1. The second-order valence-electron chi connectivity index (χ2n) is 7.30. The number of hydrogen-bond acceptors (Lipinski definition) is 5. The first-order valence-corrected chi connectivity index (χ1v) is 11.7. The summed E-state index contributed by atoms with van der Waals surface area (Å²) in [6, 6.07) is 18.6. The molecule has 0 amide bonds. The van der Waals surface area contributed by atoms with Crippen molar-refractivity contribution in [1.29, 1.82) is 0 Å². The molecule has 0 saturated heterocycles. The molecular formula is C23H28N2O4S. The number of aromatic nitrogens is 1. The number of nitrogens with zero attached hydrogens (tertiary/aromatic N) is 1. The molecule has 6 nitrogen and oxygen atoms in total. The summed E-state index contributed by atoms with van der Waals surface area (Å²) >= 11 is 0. The third-order valence-electron chi connectivity index (χ3n) is 5.02. The molecule has 0 saturated carbocycles. The number of sulfone groups is 1.